The van der Waals surface area contributed by atoms with Gasteiger partial charge in [-0.1, -0.05) is 6.92 Å². The molecule has 12 heavy (non-hydrogen) atoms. The smallest absolute Gasteiger partial charge is 0.131 e. The van der Waals surface area contributed by atoms with Gasteiger partial charge >= 0.3 is 0 Å². The fraction of sp³-hybridized carbons (Fsp3) is 0.444. The summed E-state index contributed by atoms with van der Waals surface area (Å²) in [4.78, 5) is 6.30. The zero-order valence-electron chi connectivity index (χ0n) is 7.05. The topological polar surface area (TPSA) is 16.1 Å². The van der Waals surface area contributed by atoms with Crippen molar-refractivity contribution in [2.24, 2.45) is 0 Å². The number of pyridine rings is 1. The molecular formula is C9H11FN2. The summed E-state index contributed by atoms with van der Waals surface area (Å²) in [6.07, 6.45) is 1.54. The maximum atomic E-state index is 13.1. The minimum Gasteiger partial charge on any atom is -0.293 e. The lowest BCUT2D eigenvalue weighted by atomic mass is 10.2. The Morgan fingerprint density at radius 2 is 2.42 bits per heavy atom. The van der Waals surface area contributed by atoms with Gasteiger partial charge in [0.2, 0.25) is 0 Å². The number of aromatic nitrogens is 1. The quantitative estimate of drug-likeness (QED) is 0.629. The molecule has 0 atom stereocenters. The summed E-state index contributed by atoms with van der Waals surface area (Å²) in [5.74, 6) is -0.115. The van der Waals surface area contributed by atoms with Crippen LogP contribution in [-0.2, 0) is 13.1 Å². The molecular weight excluding hydrogens is 155 g/mol. The maximum absolute atomic E-state index is 13.1. The molecule has 0 saturated carbocycles. The van der Waals surface area contributed by atoms with Gasteiger partial charge in [-0.3, -0.25) is 9.88 Å². The highest BCUT2D eigenvalue weighted by Crippen LogP contribution is 2.22. The van der Waals surface area contributed by atoms with Gasteiger partial charge in [0.1, 0.15) is 5.82 Å². The van der Waals surface area contributed by atoms with Gasteiger partial charge in [-0.05, 0) is 12.6 Å². The molecule has 0 radical (unpaired) electrons. The number of hydrogen-bond donors (Lipinski definition) is 0. The molecule has 1 aliphatic heterocycles. The Bertz CT molecular complexity index is 299. The summed E-state index contributed by atoms with van der Waals surface area (Å²) in [6.45, 7) is 4.54. The molecule has 0 spiro atoms. The minimum absolute atomic E-state index is 0.115. The van der Waals surface area contributed by atoms with Crippen LogP contribution in [0.25, 0.3) is 0 Å². The SMILES string of the molecule is CCN1Cc2nccc(F)c2C1. The minimum atomic E-state index is -0.115. The highest BCUT2D eigenvalue weighted by atomic mass is 19.1. The number of fused-ring (bicyclic) bond motifs is 1. The fourth-order valence-corrected chi connectivity index (χ4v) is 1.53. The second-order valence-corrected chi connectivity index (χ2v) is 3.02. The Balaban J connectivity index is 2.35. The summed E-state index contributed by atoms with van der Waals surface area (Å²) < 4.78 is 13.1. The maximum Gasteiger partial charge on any atom is 0.131 e. The molecule has 0 bridgehead atoms. The first kappa shape index (κ1) is 7.68. The third-order valence-electron chi connectivity index (χ3n) is 2.29. The molecule has 0 aliphatic carbocycles. The Labute approximate surface area is 71.0 Å². The number of rotatable bonds is 1. The van der Waals surface area contributed by atoms with Gasteiger partial charge in [-0.2, -0.15) is 0 Å². The molecule has 2 rings (SSSR count). The predicted octanol–water partition coefficient (Wildman–Crippen LogP) is 1.56. The van der Waals surface area contributed by atoms with E-state index in [1.54, 1.807) is 0 Å². The van der Waals surface area contributed by atoms with Crippen molar-refractivity contribution in [3.63, 3.8) is 0 Å². The lowest BCUT2D eigenvalue weighted by Crippen LogP contribution is -2.14. The highest BCUT2D eigenvalue weighted by molar-refractivity contribution is 5.25. The van der Waals surface area contributed by atoms with Gasteiger partial charge in [0.25, 0.3) is 0 Å². The Hall–Kier alpha value is -0.960. The van der Waals surface area contributed by atoms with E-state index in [9.17, 15) is 4.39 Å². The van der Waals surface area contributed by atoms with Crippen LogP contribution in [0, 0.1) is 5.82 Å². The molecule has 3 heteroatoms. The average molecular weight is 166 g/mol. The van der Waals surface area contributed by atoms with Crippen molar-refractivity contribution in [1.29, 1.82) is 0 Å². The molecule has 0 amide bonds. The van der Waals surface area contributed by atoms with Crippen molar-refractivity contribution < 1.29 is 4.39 Å². The van der Waals surface area contributed by atoms with Gasteiger partial charge < -0.3 is 0 Å². The van der Waals surface area contributed by atoms with Crippen molar-refractivity contribution in [2.75, 3.05) is 6.54 Å². The summed E-state index contributed by atoms with van der Waals surface area (Å²) in [7, 11) is 0. The van der Waals surface area contributed by atoms with Crippen LogP contribution in [0.5, 0.6) is 0 Å². The van der Waals surface area contributed by atoms with Crippen LogP contribution >= 0.6 is 0 Å². The van der Waals surface area contributed by atoms with E-state index in [1.807, 2.05) is 0 Å². The van der Waals surface area contributed by atoms with Gasteiger partial charge in [-0.25, -0.2) is 4.39 Å². The zero-order chi connectivity index (χ0) is 8.55. The second-order valence-electron chi connectivity index (χ2n) is 3.02. The second kappa shape index (κ2) is 2.83. The predicted molar refractivity (Wildman–Crippen MR) is 44.0 cm³/mol. The average Bonchev–Trinajstić information content (AvgIpc) is 2.49. The van der Waals surface area contributed by atoms with E-state index in [2.05, 4.69) is 16.8 Å². The third kappa shape index (κ3) is 1.10. The molecule has 2 nitrogen and oxygen atoms in total. The summed E-state index contributed by atoms with van der Waals surface area (Å²) >= 11 is 0. The van der Waals surface area contributed by atoms with E-state index < -0.39 is 0 Å². The summed E-state index contributed by atoms with van der Waals surface area (Å²) in [6, 6.07) is 1.43. The fourth-order valence-electron chi connectivity index (χ4n) is 1.53. The lowest BCUT2D eigenvalue weighted by Gasteiger charge is -2.08. The largest absolute Gasteiger partial charge is 0.293 e. The molecule has 2 heterocycles. The first-order chi connectivity index (χ1) is 5.81. The van der Waals surface area contributed by atoms with Crippen molar-refractivity contribution in [1.82, 2.24) is 9.88 Å². The summed E-state index contributed by atoms with van der Waals surface area (Å²) in [5, 5.41) is 0. The van der Waals surface area contributed by atoms with Crippen molar-refractivity contribution >= 4 is 0 Å². The van der Waals surface area contributed by atoms with Crippen LogP contribution in [-0.4, -0.2) is 16.4 Å². The van der Waals surface area contributed by atoms with Crippen LogP contribution in [0.3, 0.4) is 0 Å². The Morgan fingerprint density at radius 3 is 3.08 bits per heavy atom. The van der Waals surface area contributed by atoms with E-state index in [0.29, 0.717) is 6.54 Å². The van der Waals surface area contributed by atoms with E-state index in [4.69, 9.17) is 0 Å². The number of halogens is 1. The van der Waals surface area contributed by atoms with E-state index in [1.165, 1.54) is 12.3 Å². The van der Waals surface area contributed by atoms with Crippen LogP contribution in [0.2, 0.25) is 0 Å². The van der Waals surface area contributed by atoms with Crippen LogP contribution in [0.15, 0.2) is 12.3 Å². The van der Waals surface area contributed by atoms with Crippen LogP contribution < -0.4 is 0 Å². The number of hydrogen-bond acceptors (Lipinski definition) is 2. The van der Waals surface area contributed by atoms with Crippen molar-refractivity contribution in [3.8, 4) is 0 Å². The standard InChI is InChI=1S/C9H11FN2/c1-2-12-5-7-8(10)3-4-11-9(7)6-12/h3-4H,2,5-6H2,1H3. The zero-order valence-corrected chi connectivity index (χ0v) is 7.05. The van der Waals surface area contributed by atoms with Crippen LogP contribution in [0.1, 0.15) is 18.2 Å². The van der Waals surface area contributed by atoms with E-state index in [-0.39, 0.29) is 5.82 Å². The van der Waals surface area contributed by atoms with Crippen molar-refractivity contribution in [2.45, 2.75) is 20.0 Å². The van der Waals surface area contributed by atoms with Gasteiger partial charge in [0.15, 0.2) is 0 Å². The Kier molecular flexibility index (Phi) is 1.81. The molecule has 0 saturated heterocycles. The van der Waals surface area contributed by atoms with Crippen LogP contribution in [0.4, 0.5) is 4.39 Å². The first-order valence-electron chi connectivity index (χ1n) is 4.16. The van der Waals surface area contributed by atoms with Gasteiger partial charge in [-0.15, -0.1) is 0 Å². The third-order valence-corrected chi connectivity index (χ3v) is 2.29. The molecule has 1 aromatic heterocycles. The number of nitrogens with zero attached hydrogens (tertiary/aromatic N) is 2. The van der Waals surface area contributed by atoms with Gasteiger partial charge in [0.05, 0.1) is 5.69 Å². The van der Waals surface area contributed by atoms with E-state index in [0.717, 1.165) is 24.3 Å². The Morgan fingerprint density at radius 1 is 1.58 bits per heavy atom. The summed E-state index contributed by atoms with van der Waals surface area (Å²) in [5.41, 5.74) is 1.68. The molecule has 0 fully saturated rings. The van der Waals surface area contributed by atoms with E-state index >= 15 is 0 Å². The molecule has 0 unspecified atom stereocenters. The van der Waals surface area contributed by atoms with Crippen molar-refractivity contribution in [3.05, 3.63) is 29.3 Å². The molecule has 64 valence electrons. The monoisotopic (exact) mass is 166 g/mol. The normalized spacial score (nSPS) is 16.5. The lowest BCUT2D eigenvalue weighted by molar-refractivity contribution is 0.297. The molecule has 1 aliphatic rings. The van der Waals surface area contributed by atoms with Gasteiger partial charge in [0, 0.05) is 24.8 Å². The molecule has 0 aromatic carbocycles. The highest BCUT2D eigenvalue weighted by Gasteiger charge is 2.21. The molecule has 1 aromatic rings. The first-order valence-corrected chi connectivity index (χ1v) is 4.16. The molecule has 0 N–H and O–H groups in total.